The molecule has 0 radical (unpaired) electrons. The molecule has 0 aliphatic heterocycles. The number of esters is 2. The number of carbonyl (C=O) groups is 2. The van der Waals surface area contributed by atoms with E-state index in [1.807, 2.05) is 0 Å². The van der Waals surface area contributed by atoms with Crippen LogP contribution in [0.15, 0.2) is 30.8 Å². The standard InChI is InChI=1S/C15H15NO6/c1-9-10-6-4-5-7-11(10)12(8-16(19)20)15(9,13(17)21-2)14(18)22-3/h4-7,12H,1,8H2,2-3H3/t12-/m1/s1. The van der Waals surface area contributed by atoms with Crippen molar-refractivity contribution in [1.82, 2.24) is 0 Å². The van der Waals surface area contributed by atoms with E-state index in [2.05, 4.69) is 6.58 Å². The third-order valence-corrected chi connectivity index (χ3v) is 4.01. The number of hydrogen-bond donors (Lipinski definition) is 0. The van der Waals surface area contributed by atoms with Gasteiger partial charge in [0.15, 0.2) is 0 Å². The average Bonchev–Trinajstić information content (AvgIpc) is 2.76. The van der Waals surface area contributed by atoms with Crippen LogP contribution in [-0.2, 0) is 19.1 Å². The maximum absolute atomic E-state index is 12.4. The Kier molecular flexibility index (Phi) is 3.99. The van der Waals surface area contributed by atoms with Gasteiger partial charge in [0.1, 0.15) is 0 Å². The molecule has 0 N–H and O–H groups in total. The van der Waals surface area contributed by atoms with Crippen LogP contribution in [0.25, 0.3) is 5.57 Å². The lowest BCUT2D eigenvalue weighted by atomic mass is 9.73. The molecule has 0 bridgehead atoms. The van der Waals surface area contributed by atoms with E-state index in [-0.39, 0.29) is 5.57 Å². The lowest BCUT2D eigenvalue weighted by Gasteiger charge is -2.29. The number of benzene rings is 1. The molecule has 0 fully saturated rings. The number of nitrogens with zero attached hydrogens (tertiary/aromatic N) is 1. The lowest BCUT2D eigenvalue weighted by molar-refractivity contribution is -0.484. The van der Waals surface area contributed by atoms with Crippen molar-refractivity contribution >= 4 is 17.5 Å². The molecule has 22 heavy (non-hydrogen) atoms. The SMILES string of the molecule is C=C1c2ccccc2[C@@H](C[N+](=O)[O-])C1(C(=O)OC)C(=O)OC. The van der Waals surface area contributed by atoms with Gasteiger partial charge in [0, 0.05) is 4.92 Å². The maximum Gasteiger partial charge on any atom is 0.328 e. The van der Waals surface area contributed by atoms with Crippen LogP contribution in [0.4, 0.5) is 0 Å². The van der Waals surface area contributed by atoms with E-state index in [4.69, 9.17) is 9.47 Å². The smallest absolute Gasteiger partial charge is 0.328 e. The highest BCUT2D eigenvalue weighted by atomic mass is 16.6. The molecule has 0 amide bonds. The fourth-order valence-corrected chi connectivity index (χ4v) is 3.05. The first kappa shape index (κ1) is 15.7. The Morgan fingerprint density at radius 2 is 1.82 bits per heavy atom. The first-order valence-corrected chi connectivity index (χ1v) is 6.48. The zero-order valence-corrected chi connectivity index (χ0v) is 12.2. The minimum atomic E-state index is -1.93. The van der Waals surface area contributed by atoms with Crippen LogP contribution in [-0.4, -0.2) is 37.6 Å². The van der Waals surface area contributed by atoms with Crippen molar-refractivity contribution in [3.8, 4) is 0 Å². The van der Waals surface area contributed by atoms with Gasteiger partial charge in [0.2, 0.25) is 12.0 Å². The third kappa shape index (κ3) is 1.97. The summed E-state index contributed by atoms with van der Waals surface area (Å²) in [7, 11) is 2.24. The molecule has 0 saturated carbocycles. The van der Waals surface area contributed by atoms with Crippen molar-refractivity contribution in [3.05, 3.63) is 52.1 Å². The Morgan fingerprint density at radius 1 is 1.27 bits per heavy atom. The van der Waals surface area contributed by atoms with E-state index in [1.54, 1.807) is 24.3 Å². The quantitative estimate of drug-likeness (QED) is 0.361. The lowest BCUT2D eigenvalue weighted by Crippen LogP contribution is -2.45. The monoisotopic (exact) mass is 305 g/mol. The summed E-state index contributed by atoms with van der Waals surface area (Å²) in [6.45, 7) is 3.21. The van der Waals surface area contributed by atoms with Crippen molar-refractivity contribution in [1.29, 1.82) is 0 Å². The Bertz CT molecular complexity index is 650. The van der Waals surface area contributed by atoms with E-state index in [9.17, 15) is 19.7 Å². The molecule has 1 aromatic rings. The number of carbonyl (C=O) groups excluding carboxylic acids is 2. The number of fused-ring (bicyclic) bond motifs is 1. The summed E-state index contributed by atoms with van der Waals surface area (Å²) < 4.78 is 9.50. The highest BCUT2D eigenvalue weighted by Gasteiger charge is 2.63. The van der Waals surface area contributed by atoms with Gasteiger partial charge in [-0.1, -0.05) is 30.8 Å². The Morgan fingerprint density at radius 3 is 2.32 bits per heavy atom. The van der Waals surface area contributed by atoms with E-state index in [0.717, 1.165) is 14.2 Å². The van der Waals surface area contributed by atoms with E-state index in [0.29, 0.717) is 11.1 Å². The number of methoxy groups -OCH3 is 2. The van der Waals surface area contributed by atoms with Gasteiger partial charge in [0.05, 0.1) is 20.1 Å². The molecule has 7 heteroatoms. The Hall–Kier alpha value is -2.70. The fraction of sp³-hybridized carbons (Fsp3) is 0.333. The van der Waals surface area contributed by atoms with Gasteiger partial charge in [0.25, 0.3) is 0 Å². The molecule has 2 rings (SSSR count). The zero-order valence-electron chi connectivity index (χ0n) is 12.2. The summed E-state index contributed by atoms with van der Waals surface area (Å²) in [5, 5.41) is 11.1. The highest BCUT2D eigenvalue weighted by Crippen LogP contribution is 2.55. The molecule has 0 unspecified atom stereocenters. The van der Waals surface area contributed by atoms with Crippen LogP contribution in [0.2, 0.25) is 0 Å². The molecule has 0 spiro atoms. The van der Waals surface area contributed by atoms with Crippen molar-refractivity contribution in [2.24, 2.45) is 5.41 Å². The van der Waals surface area contributed by atoms with Crippen molar-refractivity contribution in [2.75, 3.05) is 20.8 Å². The predicted molar refractivity (Wildman–Crippen MR) is 76.5 cm³/mol. The van der Waals surface area contributed by atoms with Crippen molar-refractivity contribution in [2.45, 2.75) is 5.92 Å². The molecule has 0 aromatic heterocycles. The molecule has 1 atom stereocenters. The molecular formula is C15H15NO6. The normalized spacial score (nSPS) is 18.5. The van der Waals surface area contributed by atoms with Crippen LogP contribution in [0.1, 0.15) is 17.0 Å². The molecule has 1 aliphatic rings. The summed E-state index contributed by atoms with van der Waals surface area (Å²) in [4.78, 5) is 35.3. The topological polar surface area (TPSA) is 95.7 Å². The van der Waals surface area contributed by atoms with Gasteiger partial charge >= 0.3 is 11.9 Å². The van der Waals surface area contributed by atoms with Crippen LogP contribution in [0.3, 0.4) is 0 Å². The molecule has 7 nitrogen and oxygen atoms in total. The summed E-state index contributed by atoms with van der Waals surface area (Å²) in [6, 6.07) is 6.70. The number of ether oxygens (including phenoxy) is 2. The second-order valence-electron chi connectivity index (χ2n) is 4.92. The first-order chi connectivity index (χ1) is 10.4. The van der Waals surface area contributed by atoms with Gasteiger partial charge in [-0.25, -0.2) is 0 Å². The van der Waals surface area contributed by atoms with Gasteiger partial charge in [-0.2, -0.15) is 0 Å². The minimum absolute atomic E-state index is 0.161. The van der Waals surface area contributed by atoms with Crippen LogP contribution in [0, 0.1) is 15.5 Å². The summed E-state index contributed by atoms with van der Waals surface area (Å²) in [5.74, 6) is -2.84. The van der Waals surface area contributed by atoms with Gasteiger partial charge in [-0.05, 0) is 16.7 Å². The highest BCUT2D eigenvalue weighted by molar-refractivity contribution is 6.15. The number of rotatable bonds is 4. The van der Waals surface area contributed by atoms with Gasteiger partial charge in [-0.3, -0.25) is 19.7 Å². The molecule has 0 heterocycles. The van der Waals surface area contributed by atoms with E-state index < -0.39 is 34.7 Å². The largest absolute Gasteiger partial charge is 0.468 e. The molecule has 116 valence electrons. The minimum Gasteiger partial charge on any atom is -0.468 e. The third-order valence-electron chi connectivity index (χ3n) is 4.01. The predicted octanol–water partition coefficient (Wildman–Crippen LogP) is 1.41. The molecule has 1 aromatic carbocycles. The van der Waals surface area contributed by atoms with Crippen LogP contribution in [0.5, 0.6) is 0 Å². The molecular weight excluding hydrogens is 290 g/mol. The maximum atomic E-state index is 12.4. The molecule has 1 aliphatic carbocycles. The second-order valence-corrected chi connectivity index (χ2v) is 4.92. The Labute approximate surface area is 126 Å². The zero-order chi connectivity index (χ0) is 16.5. The van der Waals surface area contributed by atoms with Gasteiger partial charge < -0.3 is 9.47 Å². The van der Waals surface area contributed by atoms with E-state index >= 15 is 0 Å². The summed E-state index contributed by atoms with van der Waals surface area (Å²) >= 11 is 0. The summed E-state index contributed by atoms with van der Waals surface area (Å²) in [6.07, 6.45) is 0. The van der Waals surface area contributed by atoms with Crippen molar-refractivity contribution < 1.29 is 24.0 Å². The van der Waals surface area contributed by atoms with Crippen LogP contribution < -0.4 is 0 Å². The Balaban J connectivity index is 2.74. The van der Waals surface area contributed by atoms with Crippen molar-refractivity contribution in [3.63, 3.8) is 0 Å². The number of nitro groups is 1. The summed E-state index contributed by atoms with van der Waals surface area (Å²) in [5.41, 5.74) is -0.723. The van der Waals surface area contributed by atoms with Crippen LogP contribution >= 0.6 is 0 Å². The molecule has 0 saturated heterocycles. The van der Waals surface area contributed by atoms with E-state index in [1.165, 1.54) is 0 Å². The van der Waals surface area contributed by atoms with Gasteiger partial charge in [-0.15, -0.1) is 0 Å². The number of hydrogen-bond acceptors (Lipinski definition) is 6. The second kappa shape index (κ2) is 5.59. The average molecular weight is 305 g/mol. The fourth-order valence-electron chi connectivity index (χ4n) is 3.05. The first-order valence-electron chi connectivity index (χ1n) is 6.48.